The minimum atomic E-state index is -0.562. The van der Waals surface area contributed by atoms with Crippen LogP contribution in [0.4, 0.5) is 4.39 Å². The van der Waals surface area contributed by atoms with Crippen LogP contribution in [-0.2, 0) is 6.61 Å². The molecule has 3 aromatic carbocycles. The molecule has 0 fully saturated rings. The first-order chi connectivity index (χ1) is 14.1. The third kappa shape index (κ3) is 5.32. The molecule has 0 aliphatic rings. The van der Waals surface area contributed by atoms with Crippen LogP contribution in [0.5, 0.6) is 11.5 Å². The zero-order chi connectivity index (χ0) is 20.6. The molecule has 0 spiro atoms. The highest BCUT2D eigenvalue weighted by Crippen LogP contribution is 2.28. The number of ether oxygens (including phenoxy) is 2. The summed E-state index contributed by atoms with van der Waals surface area (Å²) in [5.74, 6) is -0.671. The van der Waals surface area contributed by atoms with E-state index in [1.54, 1.807) is 12.1 Å². The van der Waals surface area contributed by atoms with Crippen LogP contribution in [0.15, 0.2) is 72.8 Å². The highest BCUT2D eigenvalue weighted by molar-refractivity contribution is 5.99. The summed E-state index contributed by atoms with van der Waals surface area (Å²) < 4.78 is 24.0. The number of benzene rings is 3. The van der Waals surface area contributed by atoms with Gasteiger partial charge in [-0.15, -0.1) is 0 Å². The number of rotatable bonds is 6. The standard InChI is InChI=1S/C22H19FN2O4/c1-28-20-13-17(9-12-19(20)29-14-15-5-3-2-4-6-15)22(27)25-24-21(26)16-7-10-18(23)11-8-16/h2-13H,14H2,1H3,(H,24,26)(H,25,27). The maximum absolute atomic E-state index is 12.9. The number of carbonyl (C=O) groups excluding carboxylic acids is 2. The summed E-state index contributed by atoms with van der Waals surface area (Å²) in [5.41, 5.74) is 6.08. The Balaban J connectivity index is 1.61. The molecular formula is C22H19FN2O4. The van der Waals surface area contributed by atoms with Gasteiger partial charge in [0.15, 0.2) is 11.5 Å². The number of hydrogen-bond donors (Lipinski definition) is 2. The van der Waals surface area contributed by atoms with Crippen LogP contribution in [0, 0.1) is 5.82 Å². The molecule has 29 heavy (non-hydrogen) atoms. The molecule has 3 rings (SSSR count). The molecule has 0 aromatic heterocycles. The number of nitrogens with one attached hydrogen (secondary N) is 2. The van der Waals surface area contributed by atoms with Crippen molar-refractivity contribution in [3.05, 3.63) is 95.3 Å². The lowest BCUT2D eigenvalue weighted by molar-refractivity contribution is 0.0846. The van der Waals surface area contributed by atoms with Gasteiger partial charge in [-0.1, -0.05) is 30.3 Å². The van der Waals surface area contributed by atoms with Gasteiger partial charge in [-0.2, -0.15) is 0 Å². The lowest BCUT2D eigenvalue weighted by atomic mass is 10.2. The van der Waals surface area contributed by atoms with Crippen molar-refractivity contribution in [2.24, 2.45) is 0 Å². The molecule has 0 saturated carbocycles. The first-order valence-electron chi connectivity index (χ1n) is 8.78. The van der Waals surface area contributed by atoms with E-state index in [9.17, 15) is 14.0 Å². The minimum Gasteiger partial charge on any atom is -0.493 e. The second-order valence-corrected chi connectivity index (χ2v) is 6.06. The van der Waals surface area contributed by atoms with Crippen LogP contribution < -0.4 is 20.3 Å². The van der Waals surface area contributed by atoms with Crippen molar-refractivity contribution in [3.63, 3.8) is 0 Å². The summed E-state index contributed by atoms with van der Waals surface area (Å²) in [6.07, 6.45) is 0. The quantitative estimate of drug-likeness (QED) is 0.628. The van der Waals surface area contributed by atoms with E-state index in [1.165, 1.54) is 25.3 Å². The van der Waals surface area contributed by atoms with Crippen molar-refractivity contribution in [2.75, 3.05) is 7.11 Å². The van der Waals surface area contributed by atoms with Gasteiger partial charge in [-0.05, 0) is 48.0 Å². The Kier molecular flexibility index (Phi) is 6.42. The van der Waals surface area contributed by atoms with Crippen LogP contribution >= 0.6 is 0 Å². The molecule has 0 aliphatic carbocycles. The predicted molar refractivity (Wildman–Crippen MR) is 105 cm³/mol. The van der Waals surface area contributed by atoms with E-state index in [1.807, 2.05) is 30.3 Å². The smallest absolute Gasteiger partial charge is 0.269 e. The summed E-state index contributed by atoms with van der Waals surface area (Å²) in [4.78, 5) is 24.3. The van der Waals surface area contributed by atoms with E-state index in [4.69, 9.17) is 9.47 Å². The molecule has 0 atom stereocenters. The molecule has 2 N–H and O–H groups in total. The summed E-state index contributed by atoms with van der Waals surface area (Å²) in [5, 5.41) is 0. The largest absolute Gasteiger partial charge is 0.493 e. The van der Waals surface area contributed by atoms with E-state index in [0.29, 0.717) is 18.1 Å². The molecule has 0 bridgehead atoms. The van der Waals surface area contributed by atoms with E-state index >= 15 is 0 Å². The molecule has 0 unspecified atom stereocenters. The molecule has 6 nitrogen and oxygen atoms in total. The van der Waals surface area contributed by atoms with Crippen molar-refractivity contribution in [2.45, 2.75) is 6.61 Å². The number of halogens is 1. The molecule has 0 saturated heterocycles. The van der Waals surface area contributed by atoms with Crippen LogP contribution in [-0.4, -0.2) is 18.9 Å². The highest BCUT2D eigenvalue weighted by atomic mass is 19.1. The Bertz CT molecular complexity index is 991. The van der Waals surface area contributed by atoms with Gasteiger partial charge >= 0.3 is 0 Å². The normalized spacial score (nSPS) is 10.1. The number of hydrazine groups is 1. The third-order valence-corrected chi connectivity index (χ3v) is 4.06. The number of amides is 2. The number of hydrogen-bond acceptors (Lipinski definition) is 4. The second-order valence-electron chi connectivity index (χ2n) is 6.06. The molecule has 2 amide bonds. The lowest BCUT2D eigenvalue weighted by Gasteiger charge is -2.13. The topological polar surface area (TPSA) is 76.7 Å². The monoisotopic (exact) mass is 394 g/mol. The van der Waals surface area contributed by atoms with E-state index in [0.717, 1.165) is 17.7 Å². The molecule has 0 radical (unpaired) electrons. The molecule has 148 valence electrons. The molecule has 3 aromatic rings. The van der Waals surface area contributed by atoms with Crippen molar-refractivity contribution < 1.29 is 23.5 Å². The first-order valence-corrected chi connectivity index (χ1v) is 8.78. The highest BCUT2D eigenvalue weighted by Gasteiger charge is 2.13. The van der Waals surface area contributed by atoms with Crippen LogP contribution in [0.1, 0.15) is 26.3 Å². The third-order valence-electron chi connectivity index (χ3n) is 4.06. The average molecular weight is 394 g/mol. The van der Waals surface area contributed by atoms with Crippen molar-refractivity contribution in [1.82, 2.24) is 10.9 Å². The fourth-order valence-corrected chi connectivity index (χ4v) is 2.52. The van der Waals surface area contributed by atoms with Gasteiger partial charge in [0.05, 0.1) is 7.11 Å². The molecule has 7 heteroatoms. The zero-order valence-corrected chi connectivity index (χ0v) is 15.6. The van der Waals surface area contributed by atoms with Gasteiger partial charge in [0.1, 0.15) is 12.4 Å². The number of carbonyl (C=O) groups is 2. The summed E-state index contributed by atoms with van der Waals surface area (Å²) in [6.45, 7) is 0.358. The maximum Gasteiger partial charge on any atom is 0.269 e. The van der Waals surface area contributed by atoms with Gasteiger partial charge in [-0.3, -0.25) is 20.4 Å². The van der Waals surface area contributed by atoms with Crippen molar-refractivity contribution in [3.8, 4) is 11.5 Å². The van der Waals surface area contributed by atoms with Gasteiger partial charge in [0, 0.05) is 11.1 Å². The van der Waals surface area contributed by atoms with Crippen LogP contribution in [0.3, 0.4) is 0 Å². The lowest BCUT2D eigenvalue weighted by Crippen LogP contribution is -2.41. The minimum absolute atomic E-state index is 0.217. The summed E-state index contributed by atoms with van der Waals surface area (Å²) in [7, 11) is 1.47. The van der Waals surface area contributed by atoms with E-state index in [2.05, 4.69) is 10.9 Å². The van der Waals surface area contributed by atoms with Crippen LogP contribution in [0.25, 0.3) is 0 Å². The predicted octanol–water partition coefficient (Wildman–Crippen LogP) is 3.49. The molecule has 0 aliphatic heterocycles. The van der Waals surface area contributed by atoms with Gasteiger partial charge in [0.25, 0.3) is 11.8 Å². The number of methoxy groups -OCH3 is 1. The Hall–Kier alpha value is -3.87. The fraction of sp³-hybridized carbons (Fsp3) is 0.0909. The van der Waals surface area contributed by atoms with Crippen molar-refractivity contribution >= 4 is 11.8 Å². The summed E-state index contributed by atoms with van der Waals surface area (Å²) >= 11 is 0. The zero-order valence-electron chi connectivity index (χ0n) is 15.6. The SMILES string of the molecule is COc1cc(C(=O)NNC(=O)c2ccc(F)cc2)ccc1OCc1ccccc1. The maximum atomic E-state index is 12.9. The second kappa shape index (κ2) is 9.36. The molecular weight excluding hydrogens is 375 g/mol. The van der Waals surface area contributed by atoms with Gasteiger partial charge in [-0.25, -0.2) is 4.39 Å². The Morgan fingerprint density at radius 3 is 2.10 bits per heavy atom. The Morgan fingerprint density at radius 2 is 1.45 bits per heavy atom. The van der Waals surface area contributed by atoms with Gasteiger partial charge < -0.3 is 9.47 Å². The fourth-order valence-electron chi connectivity index (χ4n) is 2.52. The van der Waals surface area contributed by atoms with E-state index in [-0.39, 0.29) is 11.1 Å². The van der Waals surface area contributed by atoms with E-state index < -0.39 is 17.6 Å². The van der Waals surface area contributed by atoms with Gasteiger partial charge in [0.2, 0.25) is 0 Å². The summed E-state index contributed by atoms with van der Waals surface area (Å²) in [6, 6.07) is 19.3. The first kappa shape index (κ1) is 19.9. The van der Waals surface area contributed by atoms with Crippen LogP contribution in [0.2, 0.25) is 0 Å². The average Bonchev–Trinajstić information content (AvgIpc) is 2.76. The Labute approximate surface area is 167 Å². The van der Waals surface area contributed by atoms with Crippen molar-refractivity contribution in [1.29, 1.82) is 0 Å². The Morgan fingerprint density at radius 1 is 0.828 bits per heavy atom. The molecule has 0 heterocycles.